The van der Waals surface area contributed by atoms with Gasteiger partial charge in [0.1, 0.15) is 10.0 Å². The molecule has 25 heavy (non-hydrogen) atoms. The molecule has 3 rings (SSSR count). The Balaban J connectivity index is 1.65. The normalized spacial score (nSPS) is 11.3. The van der Waals surface area contributed by atoms with Gasteiger partial charge in [-0.15, -0.1) is 11.3 Å². The molecule has 3 aromatic rings. The van der Waals surface area contributed by atoms with E-state index in [9.17, 15) is 8.42 Å². The molecule has 0 aliphatic carbocycles. The highest BCUT2D eigenvalue weighted by Crippen LogP contribution is 2.23. The maximum atomic E-state index is 12.3. The molecular formula is C17H16ClN3O2S2. The lowest BCUT2D eigenvalue weighted by molar-refractivity contribution is 0.603. The zero-order chi connectivity index (χ0) is 17.9. The van der Waals surface area contributed by atoms with Crippen LogP contribution in [0.25, 0.3) is 0 Å². The number of benzene rings is 1. The first-order valence-corrected chi connectivity index (χ1v) is 10.1. The Hall–Kier alpha value is -2.09. The number of sulfonamides is 1. The summed E-state index contributed by atoms with van der Waals surface area (Å²) >= 11 is 7.34. The lowest BCUT2D eigenvalue weighted by Gasteiger charge is -2.09. The van der Waals surface area contributed by atoms with Crippen molar-refractivity contribution in [2.75, 3.05) is 10.0 Å². The van der Waals surface area contributed by atoms with Crippen LogP contribution in [0.15, 0.2) is 58.9 Å². The second kappa shape index (κ2) is 7.43. The molecule has 8 heteroatoms. The van der Waals surface area contributed by atoms with Gasteiger partial charge < -0.3 is 5.32 Å². The van der Waals surface area contributed by atoms with Crippen LogP contribution >= 0.6 is 22.9 Å². The number of halogens is 1. The van der Waals surface area contributed by atoms with Gasteiger partial charge in [0, 0.05) is 16.4 Å². The van der Waals surface area contributed by atoms with E-state index < -0.39 is 10.0 Å². The summed E-state index contributed by atoms with van der Waals surface area (Å²) in [5, 5.41) is 3.84. The predicted octanol–water partition coefficient (Wildman–Crippen LogP) is 4.52. The minimum absolute atomic E-state index is 0.283. The van der Waals surface area contributed by atoms with Crippen LogP contribution in [0, 0.1) is 6.92 Å². The molecule has 0 saturated carbocycles. The second-order valence-corrected chi connectivity index (χ2v) is 8.95. The number of thiophene rings is 1. The average molecular weight is 394 g/mol. The van der Waals surface area contributed by atoms with Crippen LogP contribution < -0.4 is 10.0 Å². The highest BCUT2D eigenvalue weighted by atomic mass is 35.5. The first-order chi connectivity index (χ1) is 11.9. The summed E-state index contributed by atoms with van der Waals surface area (Å²) in [6.45, 7) is 2.40. The van der Waals surface area contributed by atoms with E-state index in [0.717, 1.165) is 10.4 Å². The first-order valence-electron chi connectivity index (χ1n) is 7.47. The largest absolute Gasteiger partial charge is 0.366 e. The quantitative estimate of drug-likeness (QED) is 0.646. The fraction of sp³-hybridized carbons (Fsp3) is 0.118. The topological polar surface area (TPSA) is 71.1 Å². The van der Waals surface area contributed by atoms with Gasteiger partial charge in [0.05, 0.1) is 11.9 Å². The minimum Gasteiger partial charge on any atom is -0.366 e. The standard InChI is InChI=1S/C17H16ClN3O2S2/c1-12-6-9-17(24-12)25(22,23)21-14-7-8-16(20-11-14)19-10-13-4-2-3-5-15(13)18/h2-9,11,21H,10H2,1H3,(H,19,20). The highest BCUT2D eigenvalue weighted by molar-refractivity contribution is 7.94. The fourth-order valence-electron chi connectivity index (χ4n) is 2.15. The molecule has 2 aromatic heterocycles. The molecule has 0 saturated heterocycles. The minimum atomic E-state index is -3.58. The summed E-state index contributed by atoms with van der Waals surface area (Å²) in [7, 11) is -3.58. The lowest BCUT2D eigenvalue weighted by Crippen LogP contribution is -2.11. The van der Waals surface area contributed by atoms with Crippen molar-refractivity contribution in [3.8, 4) is 0 Å². The SMILES string of the molecule is Cc1ccc(S(=O)(=O)Nc2ccc(NCc3ccccc3Cl)nc2)s1. The van der Waals surface area contributed by atoms with E-state index in [0.29, 0.717) is 23.1 Å². The van der Waals surface area contributed by atoms with Crippen molar-refractivity contribution in [3.63, 3.8) is 0 Å². The predicted molar refractivity (Wildman–Crippen MR) is 103 cm³/mol. The van der Waals surface area contributed by atoms with Gasteiger partial charge in [0.25, 0.3) is 10.0 Å². The molecule has 0 radical (unpaired) electrons. The molecule has 5 nitrogen and oxygen atoms in total. The molecule has 2 N–H and O–H groups in total. The van der Waals surface area contributed by atoms with Crippen LogP contribution in [0.4, 0.5) is 11.5 Å². The molecular weight excluding hydrogens is 378 g/mol. The Morgan fingerprint density at radius 2 is 1.92 bits per heavy atom. The molecule has 0 spiro atoms. The molecule has 0 fully saturated rings. The van der Waals surface area contributed by atoms with Gasteiger partial charge in [-0.3, -0.25) is 4.72 Å². The highest BCUT2D eigenvalue weighted by Gasteiger charge is 2.16. The number of pyridine rings is 1. The van der Waals surface area contributed by atoms with E-state index in [1.807, 2.05) is 31.2 Å². The Morgan fingerprint density at radius 3 is 2.56 bits per heavy atom. The molecule has 130 valence electrons. The Kier molecular flexibility index (Phi) is 5.27. The molecule has 0 unspecified atom stereocenters. The van der Waals surface area contributed by atoms with Crippen molar-refractivity contribution in [2.24, 2.45) is 0 Å². The summed E-state index contributed by atoms with van der Waals surface area (Å²) in [5.74, 6) is 0.634. The molecule has 0 bridgehead atoms. The Bertz CT molecular complexity index is 970. The fourth-order valence-corrected chi connectivity index (χ4v) is 4.68. The van der Waals surface area contributed by atoms with Crippen molar-refractivity contribution in [2.45, 2.75) is 17.7 Å². The number of rotatable bonds is 6. The van der Waals surface area contributed by atoms with Crippen LogP contribution in [0.3, 0.4) is 0 Å². The zero-order valence-electron chi connectivity index (χ0n) is 13.4. The summed E-state index contributed by atoms with van der Waals surface area (Å²) in [6, 6.07) is 14.3. The van der Waals surface area contributed by atoms with Crippen molar-refractivity contribution in [1.82, 2.24) is 4.98 Å². The van der Waals surface area contributed by atoms with E-state index in [2.05, 4.69) is 15.0 Å². The van der Waals surface area contributed by atoms with Gasteiger partial charge in [-0.2, -0.15) is 0 Å². The van der Waals surface area contributed by atoms with Crippen molar-refractivity contribution in [1.29, 1.82) is 0 Å². The van der Waals surface area contributed by atoms with Gasteiger partial charge in [0.2, 0.25) is 0 Å². The summed E-state index contributed by atoms with van der Waals surface area (Å²) in [5.41, 5.74) is 1.37. The van der Waals surface area contributed by atoms with E-state index >= 15 is 0 Å². The number of nitrogens with zero attached hydrogens (tertiary/aromatic N) is 1. The van der Waals surface area contributed by atoms with Crippen LogP contribution in [0.5, 0.6) is 0 Å². The van der Waals surface area contributed by atoms with Gasteiger partial charge in [-0.05, 0) is 42.8 Å². The Labute approximate surface area is 155 Å². The van der Waals surface area contributed by atoms with Crippen molar-refractivity contribution >= 4 is 44.5 Å². The van der Waals surface area contributed by atoms with Gasteiger partial charge in [-0.25, -0.2) is 13.4 Å². The Morgan fingerprint density at radius 1 is 1.12 bits per heavy atom. The third-order valence-corrected chi connectivity index (χ3v) is 6.66. The summed E-state index contributed by atoms with van der Waals surface area (Å²) in [6.07, 6.45) is 1.48. The number of hydrogen-bond acceptors (Lipinski definition) is 5. The smallest absolute Gasteiger partial charge is 0.271 e. The second-order valence-electron chi connectivity index (χ2n) is 5.35. The van der Waals surface area contributed by atoms with Crippen LogP contribution in [0.1, 0.15) is 10.4 Å². The van der Waals surface area contributed by atoms with E-state index in [1.54, 1.807) is 24.3 Å². The van der Waals surface area contributed by atoms with Crippen molar-refractivity contribution in [3.05, 3.63) is 70.2 Å². The van der Waals surface area contributed by atoms with E-state index in [-0.39, 0.29) is 4.21 Å². The number of aryl methyl sites for hydroxylation is 1. The number of nitrogens with one attached hydrogen (secondary N) is 2. The summed E-state index contributed by atoms with van der Waals surface area (Å²) in [4.78, 5) is 5.17. The van der Waals surface area contributed by atoms with E-state index in [1.165, 1.54) is 17.5 Å². The van der Waals surface area contributed by atoms with Crippen LogP contribution in [0.2, 0.25) is 5.02 Å². The van der Waals surface area contributed by atoms with Gasteiger partial charge in [-0.1, -0.05) is 29.8 Å². The number of hydrogen-bond donors (Lipinski definition) is 2. The monoisotopic (exact) mass is 393 g/mol. The molecule has 2 heterocycles. The van der Waals surface area contributed by atoms with Crippen LogP contribution in [-0.2, 0) is 16.6 Å². The third-order valence-electron chi connectivity index (χ3n) is 3.41. The van der Waals surface area contributed by atoms with E-state index in [4.69, 9.17) is 11.6 Å². The first kappa shape index (κ1) is 17.7. The van der Waals surface area contributed by atoms with Crippen molar-refractivity contribution < 1.29 is 8.42 Å². The lowest BCUT2D eigenvalue weighted by atomic mass is 10.2. The maximum absolute atomic E-state index is 12.3. The number of aromatic nitrogens is 1. The molecule has 0 atom stereocenters. The van der Waals surface area contributed by atoms with Gasteiger partial charge >= 0.3 is 0 Å². The third kappa shape index (κ3) is 4.50. The maximum Gasteiger partial charge on any atom is 0.271 e. The zero-order valence-corrected chi connectivity index (χ0v) is 15.8. The van der Waals surface area contributed by atoms with Crippen LogP contribution in [-0.4, -0.2) is 13.4 Å². The summed E-state index contributed by atoms with van der Waals surface area (Å²) < 4.78 is 27.4. The molecule has 1 aromatic carbocycles. The molecule has 0 amide bonds. The van der Waals surface area contributed by atoms with Gasteiger partial charge in [0.15, 0.2) is 0 Å². The molecule has 0 aliphatic rings. The number of anilines is 2. The average Bonchev–Trinajstić information content (AvgIpc) is 3.03. The molecule has 0 aliphatic heterocycles.